The van der Waals surface area contributed by atoms with E-state index in [1.54, 1.807) is 0 Å². The van der Waals surface area contributed by atoms with Gasteiger partial charge < -0.3 is 5.11 Å². The summed E-state index contributed by atoms with van der Waals surface area (Å²) in [5.74, 6) is 0.488. The Morgan fingerprint density at radius 3 is 2.82 bits per heavy atom. The third-order valence-electron chi connectivity index (χ3n) is 4.03. The summed E-state index contributed by atoms with van der Waals surface area (Å²) in [7, 11) is 0. The van der Waals surface area contributed by atoms with Crippen molar-refractivity contribution < 1.29 is 5.11 Å². The summed E-state index contributed by atoms with van der Waals surface area (Å²) in [4.78, 5) is 0. The van der Waals surface area contributed by atoms with Crippen LogP contribution in [0.1, 0.15) is 62.7 Å². The Balaban J connectivity index is 1.90. The molecule has 1 aliphatic rings. The van der Waals surface area contributed by atoms with Crippen LogP contribution < -0.4 is 0 Å². The minimum atomic E-state index is -0.221. The van der Waals surface area contributed by atoms with Crippen LogP contribution in [0.25, 0.3) is 0 Å². The van der Waals surface area contributed by atoms with Crippen LogP contribution in [0.5, 0.6) is 0 Å². The fraction of sp³-hybridized carbons (Fsp3) is 0.625. The predicted octanol–water partition coefficient (Wildman–Crippen LogP) is 4.25. The number of unbranched alkanes of at least 4 members (excludes halogenated alkanes) is 3. The van der Waals surface area contributed by atoms with E-state index in [0.717, 1.165) is 12.8 Å². The maximum absolute atomic E-state index is 10.4. The molecule has 0 aromatic heterocycles. The molecule has 1 nitrogen and oxygen atoms in total. The molecule has 1 heteroatoms. The summed E-state index contributed by atoms with van der Waals surface area (Å²) >= 11 is 0. The van der Waals surface area contributed by atoms with Crippen LogP contribution in [0.15, 0.2) is 24.3 Å². The van der Waals surface area contributed by atoms with E-state index in [9.17, 15) is 5.11 Å². The topological polar surface area (TPSA) is 20.2 Å². The zero-order chi connectivity index (χ0) is 12.1. The Labute approximate surface area is 105 Å². The molecule has 17 heavy (non-hydrogen) atoms. The van der Waals surface area contributed by atoms with Crippen LogP contribution in [0.2, 0.25) is 0 Å². The number of fused-ring (bicyclic) bond motifs is 1. The van der Waals surface area contributed by atoms with Gasteiger partial charge in [-0.25, -0.2) is 0 Å². The van der Waals surface area contributed by atoms with Crippen molar-refractivity contribution in [1.29, 1.82) is 0 Å². The first-order chi connectivity index (χ1) is 8.33. The summed E-state index contributed by atoms with van der Waals surface area (Å²) < 4.78 is 0. The van der Waals surface area contributed by atoms with E-state index in [-0.39, 0.29) is 6.10 Å². The molecule has 0 spiro atoms. The molecule has 1 N–H and O–H groups in total. The number of hydrogen-bond donors (Lipinski definition) is 1. The summed E-state index contributed by atoms with van der Waals surface area (Å²) in [6.07, 6.45) is 8.49. The zero-order valence-electron chi connectivity index (χ0n) is 10.9. The smallest absolute Gasteiger partial charge is 0.0820 e. The van der Waals surface area contributed by atoms with Gasteiger partial charge in [-0.1, -0.05) is 56.9 Å². The van der Waals surface area contributed by atoms with E-state index in [1.165, 1.54) is 43.2 Å². The molecule has 0 saturated heterocycles. The highest BCUT2D eigenvalue weighted by Crippen LogP contribution is 2.36. The summed E-state index contributed by atoms with van der Waals surface area (Å²) in [6.45, 7) is 2.24. The Morgan fingerprint density at radius 2 is 2.00 bits per heavy atom. The van der Waals surface area contributed by atoms with Gasteiger partial charge in [0.05, 0.1) is 6.10 Å². The second-order valence-corrected chi connectivity index (χ2v) is 5.29. The average molecular weight is 232 g/mol. The van der Waals surface area contributed by atoms with E-state index in [0.29, 0.717) is 5.92 Å². The van der Waals surface area contributed by atoms with E-state index in [1.807, 2.05) is 6.07 Å². The fourth-order valence-corrected chi connectivity index (χ4v) is 2.94. The number of aryl methyl sites for hydroxylation is 1. The molecule has 0 saturated carbocycles. The van der Waals surface area contributed by atoms with Gasteiger partial charge in [-0.05, 0) is 36.3 Å². The molecule has 1 aliphatic carbocycles. The molecule has 1 aromatic rings. The lowest BCUT2D eigenvalue weighted by atomic mass is 9.79. The maximum atomic E-state index is 10.4. The van der Waals surface area contributed by atoms with Gasteiger partial charge in [-0.15, -0.1) is 0 Å². The third-order valence-corrected chi connectivity index (χ3v) is 4.03. The quantitative estimate of drug-likeness (QED) is 0.752. The van der Waals surface area contributed by atoms with E-state index < -0.39 is 0 Å². The van der Waals surface area contributed by atoms with Gasteiger partial charge in [-0.3, -0.25) is 0 Å². The zero-order valence-corrected chi connectivity index (χ0v) is 10.9. The summed E-state index contributed by atoms with van der Waals surface area (Å²) in [6, 6.07) is 8.37. The Kier molecular flexibility index (Phi) is 4.61. The van der Waals surface area contributed by atoms with Crippen molar-refractivity contribution in [2.24, 2.45) is 5.92 Å². The number of aliphatic hydroxyl groups is 1. The highest BCUT2D eigenvalue weighted by atomic mass is 16.3. The van der Waals surface area contributed by atoms with Gasteiger partial charge in [0, 0.05) is 0 Å². The molecule has 0 amide bonds. The highest BCUT2D eigenvalue weighted by Gasteiger charge is 2.26. The number of aliphatic hydroxyl groups excluding tert-OH is 1. The Morgan fingerprint density at radius 1 is 1.18 bits per heavy atom. The highest BCUT2D eigenvalue weighted by molar-refractivity contribution is 5.31. The number of benzene rings is 1. The molecule has 0 bridgehead atoms. The van der Waals surface area contributed by atoms with Crippen LogP contribution in [-0.4, -0.2) is 5.11 Å². The fourth-order valence-electron chi connectivity index (χ4n) is 2.94. The first-order valence-corrected chi connectivity index (χ1v) is 7.08. The average Bonchev–Trinajstić information content (AvgIpc) is 2.37. The normalized spacial score (nSPS) is 23.4. The van der Waals surface area contributed by atoms with Crippen LogP contribution in [0, 0.1) is 5.92 Å². The SMILES string of the molecule is CCCCCCC1CCc2ccccc2C1O. The molecule has 0 heterocycles. The van der Waals surface area contributed by atoms with Crippen LogP contribution in [0.3, 0.4) is 0 Å². The largest absolute Gasteiger partial charge is 0.388 e. The van der Waals surface area contributed by atoms with Crippen molar-refractivity contribution in [3.05, 3.63) is 35.4 Å². The molecule has 0 radical (unpaired) electrons. The van der Waals surface area contributed by atoms with Gasteiger partial charge in [0.25, 0.3) is 0 Å². The lowest BCUT2D eigenvalue weighted by molar-refractivity contribution is 0.0868. The minimum Gasteiger partial charge on any atom is -0.388 e. The predicted molar refractivity (Wildman–Crippen MR) is 72.0 cm³/mol. The van der Waals surface area contributed by atoms with E-state index in [4.69, 9.17) is 0 Å². The van der Waals surface area contributed by atoms with Crippen LogP contribution in [-0.2, 0) is 6.42 Å². The second-order valence-electron chi connectivity index (χ2n) is 5.29. The second kappa shape index (κ2) is 6.20. The van der Waals surface area contributed by atoms with Gasteiger partial charge >= 0.3 is 0 Å². The number of hydrogen-bond acceptors (Lipinski definition) is 1. The molecule has 2 atom stereocenters. The molecule has 94 valence electrons. The minimum absolute atomic E-state index is 0.221. The van der Waals surface area contributed by atoms with Crippen molar-refractivity contribution in [3.63, 3.8) is 0 Å². The van der Waals surface area contributed by atoms with Gasteiger partial charge in [-0.2, -0.15) is 0 Å². The standard InChI is InChI=1S/C16H24O/c1-2-3-4-5-9-14-12-11-13-8-6-7-10-15(13)16(14)17/h6-8,10,14,16-17H,2-5,9,11-12H2,1H3. The van der Waals surface area contributed by atoms with Crippen molar-refractivity contribution in [2.45, 2.75) is 58.0 Å². The summed E-state index contributed by atoms with van der Waals surface area (Å²) in [5.41, 5.74) is 2.53. The Hall–Kier alpha value is -0.820. The van der Waals surface area contributed by atoms with Crippen molar-refractivity contribution >= 4 is 0 Å². The molecule has 1 aromatic carbocycles. The Bertz CT molecular complexity index is 345. The van der Waals surface area contributed by atoms with Crippen molar-refractivity contribution in [1.82, 2.24) is 0 Å². The molecular formula is C16H24O. The van der Waals surface area contributed by atoms with E-state index >= 15 is 0 Å². The first kappa shape index (κ1) is 12.6. The molecule has 2 unspecified atom stereocenters. The van der Waals surface area contributed by atoms with Gasteiger partial charge in [0.15, 0.2) is 0 Å². The molecule has 0 aliphatic heterocycles. The van der Waals surface area contributed by atoms with Crippen LogP contribution in [0.4, 0.5) is 0 Å². The van der Waals surface area contributed by atoms with Crippen molar-refractivity contribution in [2.75, 3.05) is 0 Å². The summed E-state index contributed by atoms with van der Waals surface area (Å²) in [5, 5.41) is 10.4. The lowest BCUT2D eigenvalue weighted by Gasteiger charge is -2.30. The van der Waals surface area contributed by atoms with Gasteiger partial charge in [0.2, 0.25) is 0 Å². The van der Waals surface area contributed by atoms with Gasteiger partial charge in [0.1, 0.15) is 0 Å². The third kappa shape index (κ3) is 3.10. The molecular weight excluding hydrogens is 208 g/mol. The van der Waals surface area contributed by atoms with Crippen LogP contribution >= 0.6 is 0 Å². The number of rotatable bonds is 5. The van der Waals surface area contributed by atoms with E-state index in [2.05, 4.69) is 25.1 Å². The van der Waals surface area contributed by atoms with Crippen molar-refractivity contribution in [3.8, 4) is 0 Å². The maximum Gasteiger partial charge on any atom is 0.0820 e. The lowest BCUT2D eigenvalue weighted by Crippen LogP contribution is -2.20. The molecule has 2 rings (SSSR count). The molecule has 0 fully saturated rings. The monoisotopic (exact) mass is 232 g/mol. The first-order valence-electron chi connectivity index (χ1n) is 7.08.